The number of aromatic nitrogens is 2. The van der Waals surface area contributed by atoms with Gasteiger partial charge in [-0.2, -0.15) is 18.2 Å². The lowest BCUT2D eigenvalue weighted by molar-refractivity contribution is -0.137. The Balaban J connectivity index is 1.52. The standard InChI is InChI=1S/C23H22F3N3O2/c1-16-14-21(29-22(28-16)18-9-11-19(12-10-18)23(24,25)26)31-15-20(30)27-13-5-8-17-6-3-2-4-7-17/h2-4,6-7,9-12,14H,5,8,13,15H2,1H3,(H,27,30). The molecule has 0 aliphatic heterocycles. The number of carbonyl (C=O) groups is 1. The topological polar surface area (TPSA) is 64.1 Å². The lowest BCUT2D eigenvalue weighted by Gasteiger charge is -2.10. The van der Waals surface area contributed by atoms with Crippen LogP contribution < -0.4 is 10.1 Å². The van der Waals surface area contributed by atoms with E-state index < -0.39 is 11.7 Å². The second kappa shape index (κ2) is 10.1. The number of ether oxygens (including phenoxy) is 1. The molecule has 0 bridgehead atoms. The number of amides is 1. The van der Waals surface area contributed by atoms with E-state index in [9.17, 15) is 18.0 Å². The summed E-state index contributed by atoms with van der Waals surface area (Å²) in [4.78, 5) is 20.5. The summed E-state index contributed by atoms with van der Waals surface area (Å²) in [6.45, 7) is 2.02. The van der Waals surface area contributed by atoms with Gasteiger partial charge in [0.1, 0.15) is 0 Å². The third kappa shape index (κ3) is 6.80. The fraction of sp³-hybridized carbons (Fsp3) is 0.261. The lowest BCUT2D eigenvalue weighted by Crippen LogP contribution is -2.30. The maximum absolute atomic E-state index is 12.7. The molecule has 1 amide bonds. The Morgan fingerprint density at radius 2 is 1.74 bits per heavy atom. The van der Waals surface area contributed by atoms with E-state index in [0.29, 0.717) is 17.8 Å². The van der Waals surface area contributed by atoms with Gasteiger partial charge >= 0.3 is 6.18 Å². The molecule has 0 aliphatic carbocycles. The molecule has 2 aromatic carbocycles. The predicted molar refractivity (Wildman–Crippen MR) is 110 cm³/mol. The van der Waals surface area contributed by atoms with Gasteiger partial charge in [-0.3, -0.25) is 4.79 Å². The Kier molecular flexibility index (Phi) is 7.23. The smallest absolute Gasteiger partial charge is 0.416 e. The average Bonchev–Trinajstić information content (AvgIpc) is 2.75. The van der Waals surface area contributed by atoms with Crippen molar-refractivity contribution >= 4 is 5.91 Å². The fourth-order valence-electron chi connectivity index (χ4n) is 2.91. The molecule has 5 nitrogen and oxygen atoms in total. The summed E-state index contributed by atoms with van der Waals surface area (Å²) in [7, 11) is 0. The lowest BCUT2D eigenvalue weighted by atomic mass is 10.1. The quantitative estimate of drug-likeness (QED) is 0.532. The minimum absolute atomic E-state index is 0.182. The summed E-state index contributed by atoms with van der Waals surface area (Å²) in [5, 5.41) is 2.79. The molecule has 0 atom stereocenters. The molecule has 0 aliphatic rings. The van der Waals surface area contributed by atoms with Crippen LogP contribution in [0.5, 0.6) is 5.88 Å². The monoisotopic (exact) mass is 429 g/mol. The summed E-state index contributed by atoms with van der Waals surface area (Å²) in [6, 6.07) is 16.1. The van der Waals surface area contributed by atoms with Crippen LogP contribution in [0.3, 0.4) is 0 Å². The Bertz CT molecular complexity index is 1010. The zero-order valence-corrected chi connectivity index (χ0v) is 16.9. The Labute approximate surface area is 178 Å². The van der Waals surface area contributed by atoms with Gasteiger partial charge in [-0.25, -0.2) is 4.98 Å². The first-order chi connectivity index (χ1) is 14.8. The van der Waals surface area contributed by atoms with E-state index in [2.05, 4.69) is 15.3 Å². The normalized spacial score (nSPS) is 11.2. The van der Waals surface area contributed by atoms with E-state index in [1.807, 2.05) is 30.3 Å². The molecule has 1 heterocycles. The molecule has 1 aromatic heterocycles. The van der Waals surface area contributed by atoms with Crippen molar-refractivity contribution in [2.45, 2.75) is 25.9 Å². The fourth-order valence-corrected chi connectivity index (χ4v) is 2.91. The van der Waals surface area contributed by atoms with Crippen LogP contribution >= 0.6 is 0 Å². The van der Waals surface area contributed by atoms with Gasteiger partial charge in [0.15, 0.2) is 12.4 Å². The number of hydrogen-bond donors (Lipinski definition) is 1. The zero-order valence-electron chi connectivity index (χ0n) is 16.9. The number of nitrogens with one attached hydrogen (secondary N) is 1. The molecule has 3 rings (SSSR count). The number of benzene rings is 2. The van der Waals surface area contributed by atoms with Crippen LogP contribution in [0, 0.1) is 6.92 Å². The van der Waals surface area contributed by atoms with Gasteiger partial charge in [0.25, 0.3) is 5.91 Å². The third-order valence-electron chi connectivity index (χ3n) is 4.46. The average molecular weight is 429 g/mol. The molecule has 0 fully saturated rings. The summed E-state index contributed by atoms with van der Waals surface area (Å²) in [6.07, 6.45) is -2.74. The first-order valence-electron chi connectivity index (χ1n) is 9.78. The molecule has 0 unspecified atom stereocenters. The van der Waals surface area contributed by atoms with Crippen molar-refractivity contribution in [2.75, 3.05) is 13.2 Å². The molecular weight excluding hydrogens is 407 g/mol. The van der Waals surface area contributed by atoms with Crippen molar-refractivity contribution in [1.29, 1.82) is 0 Å². The van der Waals surface area contributed by atoms with Crippen molar-refractivity contribution in [3.63, 3.8) is 0 Å². The zero-order chi connectivity index (χ0) is 22.3. The second-order valence-corrected chi connectivity index (χ2v) is 6.97. The van der Waals surface area contributed by atoms with Gasteiger partial charge in [0.05, 0.1) is 5.56 Å². The van der Waals surface area contributed by atoms with Crippen LogP contribution in [0.4, 0.5) is 13.2 Å². The van der Waals surface area contributed by atoms with Crippen LogP contribution in [0.1, 0.15) is 23.2 Å². The van der Waals surface area contributed by atoms with Gasteiger partial charge in [-0.15, -0.1) is 0 Å². The first kappa shape index (κ1) is 22.3. The van der Waals surface area contributed by atoms with Gasteiger partial charge in [-0.1, -0.05) is 42.5 Å². The Hall–Kier alpha value is -3.42. The summed E-state index contributed by atoms with van der Waals surface area (Å²) in [5.41, 5.74) is 1.46. The number of aryl methyl sites for hydroxylation is 2. The molecule has 0 saturated carbocycles. The highest BCUT2D eigenvalue weighted by Gasteiger charge is 2.30. The maximum Gasteiger partial charge on any atom is 0.416 e. The van der Waals surface area contributed by atoms with E-state index in [1.165, 1.54) is 17.7 Å². The molecule has 0 radical (unpaired) electrons. The number of hydrogen-bond acceptors (Lipinski definition) is 4. The van der Waals surface area contributed by atoms with E-state index in [1.54, 1.807) is 13.0 Å². The van der Waals surface area contributed by atoms with Crippen LogP contribution in [-0.4, -0.2) is 29.0 Å². The summed E-state index contributed by atoms with van der Waals surface area (Å²) < 4.78 is 43.7. The first-order valence-corrected chi connectivity index (χ1v) is 9.78. The highest BCUT2D eigenvalue weighted by molar-refractivity contribution is 5.77. The van der Waals surface area contributed by atoms with E-state index in [4.69, 9.17) is 4.74 Å². The van der Waals surface area contributed by atoms with E-state index in [-0.39, 0.29) is 24.2 Å². The molecule has 162 valence electrons. The van der Waals surface area contributed by atoms with Crippen LogP contribution in [0.2, 0.25) is 0 Å². The van der Waals surface area contributed by atoms with Crippen molar-refractivity contribution in [2.24, 2.45) is 0 Å². The van der Waals surface area contributed by atoms with Gasteiger partial charge in [0, 0.05) is 23.9 Å². The predicted octanol–water partition coefficient (Wildman–Crippen LogP) is 4.60. The van der Waals surface area contributed by atoms with E-state index >= 15 is 0 Å². The molecule has 8 heteroatoms. The summed E-state index contributed by atoms with van der Waals surface area (Å²) in [5.74, 6) is 0.134. The summed E-state index contributed by atoms with van der Waals surface area (Å²) >= 11 is 0. The van der Waals surface area contributed by atoms with Gasteiger partial charge in [0.2, 0.25) is 5.88 Å². The number of rotatable bonds is 8. The van der Waals surface area contributed by atoms with Crippen molar-refractivity contribution in [3.8, 4) is 17.3 Å². The minimum atomic E-state index is -4.41. The molecular formula is C23H22F3N3O2. The number of carbonyl (C=O) groups excluding carboxylic acids is 1. The SMILES string of the molecule is Cc1cc(OCC(=O)NCCCc2ccccc2)nc(-c2ccc(C(F)(F)F)cc2)n1. The van der Waals surface area contributed by atoms with Crippen molar-refractivity contribution < 1.29 is 22.7 Å². The van der Waals surface area contributed by atoms with Crippen molar-refractivity contribution in [1.82, 2.24) is 15.3 Å². The minimum Gasteiger partial charge on any atom is -0.467 e. The third-order valence-corrected chi connectivity index (χ3v) is 4.46. The Morgan fingerprint density at radius 1 is 1.03 bits per heavy atom. The van der Waals surface area contributed by atoms with E-state index in [0.717, 1.165) is 25.0 Å². The highest BCUT2D eigenvalue weighted by Crippen LogP contribution is 2.30. The number of alkyl halides is 3. The largest absolute Gasteiger partial charge is 0.467 e. The van der Waals surface area contributed by atoms with Crippen LogP contribution in [0.15, 0.2) is 60.7 Å². The molecule has 1 N–H and O–H groups in total. The number of halogens is 3. The highest BCUT2D eigenvalue weighted by atomic mass is 19.4. The van der Waals surface area contributed by atoms with Crippen LogP contribution in [-0.2, 0) is 17.4 Å². The van der Waals surface area contributed by atoms with Gasteiger partial charge in [-0.05, 0) is 37.5 Å². The van der Waals surface area contributed by atoms with Crippen LogP contribution in [0.25, 0.3) is 11.4 Å². The molecule has 3 aromatic rings. The molecule has 31 heavy (non-hydrogen) atoms. The number of nitrogens with zero attached hydrogens (tertiary/aromatic N) is 2. The molecule has 0 saturated heterocycles. The maximum atomic E-state index is 12.7. The second-order valence-electron chi connectivity index (χ2n) is 6.97. The molecule has 0 spiro atoms. The Morgan fingerprint density at radius 3 is 2.42 bits per heavy atom. The van der Waals surface area contributed by atoms with Crippen molar-refractivity contribution in [3.05, 3.63) is 77.5 Å². The van der Waals surface area contributed by atoms with Gasteiger partial charge < -0.3 is 10.1 Å².